The summed E-state index contributed by atoms with van der Waals surface area (Å²) in [6, 6.07) is 5.38. The van der Waals surface area contributed by atoms with Crippen LogP contribution in [-0.2, 0) is 15.6 Å². The maximum atomic E-state index is 11.8. The molecular weight excluding hydrogens is 310 g/mol. The first-order chi connectivity index (χ1) is 9.84. The lowest BCUT2D eigenvalue weighted by Gasteiger charge is -2.11. The Labute approximate surface area is 129 Å². The Morgan fingerprint density at radius 3 is 2.71 bits per heavy atom. The monoisotopic (exact) mass is 325 g/mol. The zero-order valence-electron chi connectivity index (χ0n) is 11.8. The normalized spacial score (nSPS) is 11.8. The van der Waals surface area contributed by atoms with Gasteiger partial charge in [0.1, 0.15) is 10.6 Å². The summed E-state index contributed by atoms with van der Waals surface area (Å²) in [5.74, 6) is 3.04. The predicted octanol–water partition coefficient (Wildman–Crippen LogP) is 3.38. The number of fused-ring (bicyclic) bond motifs is 1. The second-order valence-corrected chi connectivity index (χ2v) is 7.43. The first kappa shape index (κ1) is 15.7. The molecule has 0 unspecified atom stereocenters. The number of rotatable bonds is 5. The number of halogens is 1. The summed E-state index contributed by atoms with van der Waals surface area (Å²) in [7, 11) is 1.68. The Bertz CT molecular complexity index is 800. The SMILES string of the molecule is C#CCCn1cc(S(=O)(=O)Cl)c2c(OC(C)C)cccc21. The van der Waals surface area contributed by atoms with Gasteiger partial charge in [-0.2, -0.15) is 0 Å². The van der Waals surface area contributed by atoms with Crippen LogP contribution in [0.15, 0.2) is 29.3 Å². The number of aryl methyl sites for hydroxylation is 1. The fraction of sp³-hybridized carbons (Fsp3) is 0.333. The molecule has 0 amide bonds. The molecule has 0 spiro atoms. The molecule has 0 radical (unpaired) electrons. The second kappa shape index (κ2) is 6.00. The van der Waals surface area contributed by atoms with E-state index in [2.05, 4.69) is 5.92 Å². The van der Waals surface area contributed by atoms with Crippen molar-refractivity contribution in [2.45, 2.75) is 37.8 Å². The number of terminal acetylenes is 1. The van der Waals surface area contributed by atoms with Gasteiger partial charge in [-0.1, -0.05) is 6.07 Å². The Morgan fingerprint density at radius 2 is 2.14 bits per heavy atom. The fourth-order valence-electron chi connectivity index (χ4n) is 2.19. The molecule has 0 saturated carbocycles. The number of hydrogen-bond donors (Lipinski definition) is 0. The van der Waals surface area contributed by atoms with Crippen LogP contribution in [0.3, 0.4) is 0 Å². The zero-order chi connectivity index (χ0) is 15.6. The molecule has 1 aromatic carbocycles. The van der Waals surface area contributed by atoms with E-state index in [1.165, 1.54) is 6.20 Å². The lowest BCUT2D eigenvalue weighted by atomic mass is 10.2. The van der Waals surface area contributed by atoms with E-state index in [-0.39, 0.29) is 11.0 Å². The van der Waals surface area contributed by atoms with Crippen LogP contribution in [0, 0.1) is 12.3 Å². The molecule has 2 aromatic rings. The van der Waals surface area contributed by atoms with Crippen molar-refractivity contribution in [2.24, 2.45) is 0 Å². The van der Waals surface area contributed by atoms with E-state index >= 15 is 0 Å². The topological polar surface area (TPSA) is 48.3 Å². The minimum atomic E-state index is -3.87. The maximum Gasteiger partial charge on any atom is 0.263 e. The van der Waals surface area contributed by atoms with Crippen molar-refractivity contribution in [1.82, 2.24) is 4.57 Å². The molecule has 0 N–H and O–H groups in total. The van der Waals surface area contributed by atoms with E-state index < -0.39 is 9.05 Å². The highest BCUT2D eigenvalue weighted by molar-refractivity contribution is 8.14. The summed E-state index contributed by atoms with van der Waals surface area (Å²) in [4.78, 5) is 0.0486. The van der Waals surface area contributed by atoms with Crippen LogP contribution < -0.4 is 4.74 Å². The molecule has 21 heavy (non-hydrogen) atoms. The lowest BCUT2D eigenvalue weighted by molar-refractivity contribution is 0.245. The smallest absolute Gasteiger partial charge is 0.263 e. The van der Waals surface area contributed by atoms with E-state index in [0.717, 1.165) is 5.52 Å². The van der Waals surface area contributed by atoms with Crippen molar-refractivity contribution in [2.75, 3.05) is 0 Å². The van der Waals surface area contributed by atoms with Crippen LogP contribution >= 0.6 is 10.7 Å². The third-order valence-corrected chi connectivity index (χ3v) is 4.29. The molecule has 1 aromatic heterocycles. The average Bonchev–Trinajstić information content (AvgIpc) is 2.75. The summed E-state index contributed by atoms with van der Waals surface area (Å²) >= 11 is 0. The van der Waals surface area contributed by atoms with Gasteiger partial charge in [0.25, 0.3) is 9.05 Å². The van der Waals surface area contributed by atoms with Gasteiger partial charge in [-0.25, -0.2) is 8.42 Å². The van der Waals surface area contributed by atoms with E-state index in [9.17, 15) is 8.42 Å². The molecule has 112 valence electrons. The first-order valence-corrected chi connectivity index (χ1v) is 8.82. The van der Waals surface area contributed by atoms with Crippen molar-refractivity contribution in [3.63, 3.8) is 0 Å². The van der Waals surface area contributed by atoms with Crippen molar-refractivity contribution >= 4 is 30.6 Å². The van der Waals surface area contributed by atoms with Crippen molar-refractivity contribution < 1.29 is 13.2 Å². The van der Waals surface area contributed by atoms with Gasteiger partial charge >= 0.3 is 0 Å². The molecule has 0 fully saturated rings. The Morgan fingerprint density at radius 1 is 1.43 bits per heavy atom. The number of benzene rings is 1. The standard InChI is InChI=1S/C15H16ClNO3S/c1-4-5-9-17-10-14(21(16,18)19)15-12(17)7-6-8-13(15)20-11(2)3/h1,6-8,10-11H,5,9H2,2-3H3. The molecule has 0 bridgehead atoms. The first-order valence-electron chi connectivity index (χ1n) is 6.51. The van der Waals surface area contributed by atoms with Gasteiger partial charge in [0.2, 0.25) is 0 Å². The molecule has 0 saturated heterocycles. The lowest BCUT2D eigenvalue weighted by Crippen LogP contribution is -2.06. The number of nitrogens with zero attached hydrogens (tertiary/aromatic N) is 1. The molecule has 0 atom stereocenters. The van der Waals surface area contributed by atoms with Crippen LogP contribution in [-0.4, -0.2) is 19.1 Å². The molecule has 4 nitrogen and oxygen atoms in total. The van der Waals surface area contributed by atoms with Crippen molar-refractivity contribution in [3.05, 3.63) is 24.4 Å². The van der Waals surface area contributed by atoms with Crippen LogP contribution in [0.25, 0.3) is 10.9 Å². The summed E-state index contributed by atoms with van der Waals surface area (Å²) in [5, 5.41) is 0.498. The van der Waals surface area contributed by atoms with Gasteiger partial charge in [-0.05, 0) is 26.0 Å². The van der Waals surface area contributed by atoms with Crippen LogP contribution in [0.2, 0.25) is 0 Å². The molecule has 0 aliphatic rings. The minimum Gasteiger partial charge on any atom is -0.490 e. The number of hydrogen-bond acceptors (Lipinski definition) is 3. The zero-order valence-corrected chi connectivity index (χ0v) is 13.4. The molecule has 6 heteroatoms. The average molecular weight is 326 g/mol. The van der Waals surface area contributed by atoms with Crippen molar-refractivity contribution in [1.29, 1.82) is 0 Å². The molecule has 2 rings (SSSR count). The van der Waals surface area contributed by atoms with Crippen molar-refractivity contribution in [3.8, 4) is 18.1 Å². The summed E-state index contributed by atoms with van der Waals surface area (Å²) in [5.41, 5.74) is 0.739. The van der Waals surface area contributed by atoms with Gasteiger partial charge in [-0.15, -0.1) is 12.3 Å². The van der Waals surface area contributed by atoms with E-state index in [1.54, 1.807) is 10.6 Å². The quantitative estimate of drug-likeness (QED) is 0.625. The number of ether oxygens (including phenoxy) is 1. The second-order valence-electron chi connectivity index (χ2n) is 4.90. The fourth-order valence-corrected chi connectivity index (χ4v) is 3.24. The Kier molecular flexibility index (Phi) is 4.50. The molecule has 0 aliphatic carbocycles. The number of aromatic nitrogens is 1. The van der Waals surface area contributed by atoms with Gasteiger partial charge in [0.15, 0.2) is 0 Å². The van der Waals surface area contributed by atoms with Gasteiger partial charge in [0, 0.05) is 29.8 Å². The van der Waals surface area contributed by atoms with E-state index in [0.29, 0.717) is 24.1 Å². The van der Waals surface area contributed by atoms with E-state index in [4.69, 9.17) is 21.8 Å². The molecule has 0 aliphatic heterocycles. The summed E-state index contributed by atoms with van der Waals surface area (Å²) in [6.45, 7) is 4.27. The Balaban J connectivity index is 2.73. The van der Waals surface area contributed by atoms with Crippen LogP contribution in [0.4, 0.5) is 0 Å². The van der Waals surface area contributed by atoms with Crippen LogP contribution in [0.1, 0.15) is 20.3 Å². The molecular formula is C15H16ClNO3S. The minimum absolute atomic E-state index is 0.0486. The van der Waals surface area contributed by atoms with Gasteiger partial charge in [0.05, 0.1) is 17.0 Å². The van der Waals surface area contributed by atoms with Gasteiger partial charge < -0.3 is 9.30 Å². The van der Waals surface area contributed by atoms with E-state index in [1.807, 2.05) is 26.0 Å². The summed E-state index contributed by atoms with van der Waals surface area (Å²) < 4.78 is 31.2. The van der Waals surface area contributed by atoms with Gasteiger partial charge in [-0.3, -0.25) is 0 Å². The largest absolute Gasteiger partial charge is 0.490 e. The summed E-state index contributed by atoms with van der Waals surface area (Å²) in [6.07, 6.45) is 7.22. The predicted molar refractivity (Wildman–Crippen MR) is 84.2 cm³/mol. The molecule has 1 heterocycles. The third kappa shape index (κ3) is 3.34. The third-order valence-electron chi connectivity index (χ3n) is 2.96. The highest BCUT2D eigenvalue weighted by Gasteiger charge is 2.22. The van der Waals surface area contributed by atoms with Crippen LogP contribution in [0.5, 0.6) is 5.75 Å². The highest BCUT2D eigenvalue weighted by atomic mass is 35.7. The maximum absolute atomic E-state index is 11.8. The highest BCUT2D eigenvalue weighted by Crippen LogP contribution is 2.35. The Hall–Kier alpha value is -1.64.